The number of hydrogen-bond acceptors (Lipinski definition) is 5. The van der Waals surface area contributed by atoms with E-state index in [1.54, 1.807) is 11.8 Å². The van der Waals surface area contributed by atoms with E-state index in [0.717, 1.165) is 36.1 Å². The maximum absolute atomic E-state index is 14.1. The van der Waals surface area contributed by atoms with Crippen molar-refractivity contribution in [2.24, 2.45) is 0 Å². The highest BCUT2D eigenvalue weighted by Crippen LogP contribution is 2.43. The Labute approximate surface area is 218 Å². The molecule has 0 bridgehead atoms. The highest BCUT2D eigenvalue weighted by molar-refractivity contribution is 6.10. The van der Waals surface area contributed by atoms with Gasteiger partial charge in [0.05, 0.1) is 6.61 Å². The van der Waals surface area contributed by atoms with Crippen molar-refractivity contribution in [2.45, 2.75) is 70.5 Å². The Bertz CT molecular complexity index is 1170. The summed E-state index contributed by atoms with van der Waals surface area (Å²) in [7, 11) is 0. The summed E-state index contributed by atoms with van der Waals surface area (Å²) in [5, 5.41) is 3.04. The second kappa shape index (κ2) is 11.6. The van der Waals surface area contributed by atoms with E-state index in [1.165, 1.54) is 4.90 Å². The molecule has 37 heavy (non-hydrogen) atoms. The molecule has 0 spiro atoms. The number of esters is 1. The van der Waals surface area contributed by atoms with E-state index >= 15 is 0 Å². The molecule has 1 N–H and O–H groups in total. The van der Waals surface area contributed by atoms with Crippen molar-refractivity contribution in [2.75, 3.05) is 18.1 Å². The number of amides is 3. The van der Waals surface area contributed by atoms with Crippen LogP contribution in [-0.4, -0.2) is 48.3 Å². The fourth-order valence-corrected chi connectivity index (χ4v) is 5.41. The molecule has 196 valence electrons. The molecule has 8 heteroatoms. The molecule has 2 atom stereocenters. The van der Waals surface area contributed by atoms with Crippen molar-refractivity contribution in [3.8, 4) is 0 Å². The summed E-state index contributed by atoms with van der Waals surface area (Å²) in [6, 6.07) is 14.4. The Morgan fingerprint density at radius 1 is 1.08 bits per heavy atom. The highest BCUT2D eigenvalue weighted by Gasteiger charge is 2.52. The number of carbonyl (C=O) groups is 4. The first-order chi connectivity index (χ1) is 17.9. The van der Waals surface area contributed by atoms with Crippen molar-refractivity contribution in [3.05, 3.63) is 65.2 Å². The van der Waals surface area contributed by atoms with Crippen LogP contribution in [0.4, 0.5) is 5.69 Å². The van der Waals surface area contributed by atoms with Crippen molar-refractivity contribution in [3.63, 3.8) is 0 Å². The lowest BCUT2D eigenvalue weighted by Gasteiger charge is -2.37. The molecule has 2 aliphatic heterocycles. The Balaban J connectivity index is 1.68. The van der Waals surface area contributed by atoms with E-state index in [4.69, 9.17) is 4.74 Å². The zero-order valence-corrected chi connectivity index (χ0v) is 21.6. The number of unbranched alkanes of at least 4 members (excludes halogenated alkanes) is 2. The standard InChI is InChI=1S/C29H35N3O5/c1-3-5-10-17-32-24-14-9-8-13-23(24)29(28(32)36,16-15-26(34)37-4-2)30-27(35)25-18-21-11-6-7-12-22(21)19-31(25)20-33/h6-9,11-14,20,25H,3-5,10,15-19H2,1-2H3,(H,30,35). The van der Waals surface area contributed by atoms with E-state index in [1.807, 2.05) is 48.5 Å². The van der Waals surface area contributed by atoms with Gasteiger partial charge in [-0.15, -0.1) is 0 Å². The third-order valence-corrected chi connectivity index (χ3v) is 7.32. The lowest BCUT2D eigenvalue weighted by molar-refractivity contribution is -0.144. The van der Waals surface area contributed by atoms with Gasteiger partial charge in [0.1, 0.15) is 11.6 Å². The molecule has 0 fully saturated rings. The van der Waals surface area contributed by atoms with Crippen LogP contribution >= 0.6 is 0 Å². The molecule has 2 aliphatic rings. The van der Waals surface area contributed by atoms with Gasteiger partial charge in [-0.25, -0.2) is 0 Å². The number of para-hydroxylation sites is 1. The minimum Gasteiger partial charge on any atom is -0.466 e. The van der Waals surface area contributed by atoms with Crippen molar-refractivity contribution in [1.82, 2.24) is 10.2 Å². The number of anilines is 1. The molecule has 2 unspecified atom stereocenters. The molecule has 2 aromatic rings. The van der Waals surface area contributed by atoms with Gasteiger partial charge >= 0.3 is 5.97 Å². The summed E-state index contributed by atoms with van der Waals surface area (Å²) < 4.78 is 5.14. The maximum Gasteiger partial charge on any atom is 0.305 e. The molecular formula is C29H35N3O5. The third kappa shape index (κ3) is 5.24. The van der Waals surface area contributed by atoms with Crippen LogP contribution in [-0.2, 0) is 42.4 Å². The van der Waals surface area contributed by atoms with Crippen LogP contribution in [0.25, 0.3) is 0 Å². The number of carbonyl (C=O) groups excluding carboxylic acids is 4. The molecule has 0 aromatic heterocycles. The van der Waals surface area contributed by atoms with Crippen LogP contribution < -0.4 is 10.2 Å². The van der Waals surface area contributed by atoms with E-state index in [2.05, 4.69) is 12.2 Å². The minimum absolute atomic E-state index is 0.0259. The van der Waals surface area contributed by atoms with Crippen molar-refractivity contribution < 1.29 is 23.9 Å². The molecule has 2 aromatic carbocycles. The van der Waals surface area contributed by atoms with Gasteiger partial charge in [0.15, 0.2) is 0 Å². The first-order valence-electron chi connectivity index (χ1n) is 13.1. The molecule has 0 aliphatic carbocycles. The normalized spacial score (nSPS) is 20.3. The van der Waals surface area contributed by atoms with Crippen molar-refractivity contribution >= 4 is 29.9 Å². The Morgan fingerprint density at radius 3 is 2.54 bits per heavy atom. The topological polar surface area (TPSA) is 96.0 Å². The van der Waals surface area contributed by atoms with Gasteiger partial charge in [0.25, 0.3) is 5.91 Å². The molecule has 4 rings (SSSR count). The van der Waals surface area contributed by atoms with Gasteiger partial charge in [-0.3, -0.25) is 19.2 Å². The molecular weight excluding hydrogens is 470 g/mol. The van der Waals surface area contributed by atoms with E-state index in [9.17, 15) is 19.2 Å². The lowest BCUT2D eigenvalue weighted by atomic mass is 9.85. The largest absolute Gasteiger partial charge is 0.466 e. The van der Waals surface area contributed by atoms with Crippen LogP contribution in [0.15, 0.2) is 48.5 Å². The number of nitrogens with zero attached hydrogens (tertiary/aromatic N) is 2. The highest BCUT2D eigenvalue weighted by atomic mass is 16.5. The van der Waals surface area contributed by atoms with Crippen LogP contribution in [0.2, 0.25) is 0 Å². The summed E-state index contributed by atoms with van der Waals surface area (Å²) in [5.74, 6) is -1.09. The minimum atomic E-state index is -1.42. The zero-order chi connectivity index (χ0) is 26.4. The average molecular weight is 506 g/mol. The molecule has 0 saturated heterocycles. The Hall–Kier alpha value is -3.68. The molecule has 8 nitrogen and oxygen atoms in total. The average Bonchev–Trinajstić information content (AvgIpc) is 3.14. The second-order valence-corrected chi connectivity index (χ2v) is 9.65. The number of fused-ring (bicyclic) bond motifs is 2. The first-order valence-corrected chi connectivity index (χ1v) is 13.1. The molecule has 2 heterocycles. The predicted octanol–water partition coefficient (Wildman–Crippen LogP) is 3.46. The first kappa shape index (κ1) is 26.4. The summed E-state index contributed by atoms with van der Waals surface area (Å²) in [5.41, 5.74) is 2.00. The lowest BCUT2D eigenvalue weighted by Crippen LogP contribution is -2.59. The van der Waals surface area contributed by atoms with Crippen LogP contribution in [0.5, 0.6) is 0 Å². The zero-order valence-electron chi connectivity index (χ0n) is 21.6. The van der Waals surface area contributed by atoms with Gasteiger partial charge in [0, 0.05) is 37.2 Å². The molecule has 3 amide bonds. The van der Waals surface area contributed by atoms with Gasteiger partial charge < -0.3 is 19.9 Å². The molecule has 0 saturated carbocycles. The fourth-order valence-electron chi connectivity index (χ4n) is 5.41. The third-order valence-electron chi connectivity index (χ3n) is 7.32. The fraction of sp³-hybridized carbons (Fsp3) is 0.448. The monoisotopic (exact) mass is 505 g/mol. The van der Waals surface area contributed by atoms with Crippen LogP contribution in [0.3, 0.4) is 0 Å². The number of benzene rings is 2. The predicted molar refractivity (Wildman–Crippen MR) is 140 cm³/mol. The summed E-state index contributed by atoms with van der Waals surface area (Å²) in [6.45, 7) is 4.92. The van der Waals surface area contributed by atoms with Crippen molar-refractivity contribution in [1.29, 1.82) is 0 Å². The summed E-state index contributed by atoms with van der Waals surface area (Å²) in [6.07, 6.45) is 3.90. The number of ether oxygens (including phenoxy) is 1. The van der Waals surface area contributed by atoms with Crippen LogP contribution in [0.1, 0.15) is 62.6 Å². The van der Waals surface area contributed by atoms with Gasteiger partial charge in [-0.2, -0.15) is 0 Å². The Morgan fingerprint density at radius 2 is 1.81 bits per heavy atom. The van der Waals surface area contributed by atoms with Gasteiger partial charge in [-0.05, 0) is 37.0 Å². The number of nitrogens with one attached hydrogen (secondary N) is 1. The van der Waals surface area contributed by atoms with Gasteiger partial charge in [0.2, 0.25) is 12.3 Å². The van der Waals surface area contributed by atoms with E-state index in [-0.39, 0.29) is 25.4 Å². The molecule has 0 radical (unpaired) electrons. The smallest absolute Gasteiger partial charge is 0.305 e. The summed E-state index contributed by atoms with van der Waals surface area (Å²) in [4.78, 5) is 55.4. The second-order valence-electron chi connectivity index (χ2n) is 9.65. The van der Waals surface area contributed by atoms with E-state index in [0.29, 0.717) is 31.5 Å². The quantitative estimate of drug-likeness (QED) is 0.287. The summed E-state index contributed by atoms with van der Waals surface area (Å²) >= 11 is 0. The van der Waals surface area contributed by atoms with Gasteiger partial charge in [-0.1, -0.05) is 62.2 Å². The Kier molecular flexibility index (Phi) is 8.26. The number of hydrogen-bond donors (Lipinski definition) is 1. The van der Waals surface area contributed by atoms with E-state index < -0.39 is 23.5 Å². The number of rotatable bonds is 11. The maximum atomic E-state index is 14.1. The van der Waals surface area contributed by atoms with Crippen LogP contribution in [0, 0.1) is 0 Å². The SMILES string of the molecule is CCCCCN1C(=O)C(CCC(=O)OCC)(NC(=O)C2Cc3ccccc3CN2C=O)c2ccccc21.